The van der Waals surface area contributed by atoms with Crippen LogP contribution in [0.5, 0.6) is 0 Å². The Morgan fingerprint density at radius 1 is 1.40 bits per heavy atom. The maximum atomic E-state index is 14.6. The Labute approximate surface area is 202 Å². The standard InChI is InChI=1S/C22H21ClF5N5O2/c1-5-8-9-15(11(4)24)33-20(22(26,27)28)12(10-30-33)19-17(21(34)31-29)18(32-35-19)16(13(23)6-2)14(25)7-3/h5,7-10,13H,3-4,6,29H2,1-2H3,(H,31,34)/b8-5-,15-9+,16-14-. The zero-order valence-corrected chi connectivity index (χ0v) is 19.3. The molecule has 13 heteroatoms. The summed E-state index contributed by atoms with van der Waals surface area (Å²) in [6.07, 6.45) is 0.276. The lowest BCUT2D eigenvalue weighted by Gasteiger charge is -2.14. The first-order valence-electron chi connectivity index (χ1n) is 9.95. The van der Waals surface area contributed by atoms with Crippen LogP contribution in [0.1, 0.15) is 42.0 Å². The lowest BCUT2D eigenvalue weighted by molar-refractivity contribution is -0.142. The molecule has 2 aromatic heterocycles. The molecule has 0 aliphatic rings. The smallest absolute Gasteiger partial charge is 0.355 e. The average molecular weight is 518 g/mol. The van der Waals surface area contributed by atoms with Crippen LogP contribution < -0.4 is 11.3 Å². The van der Waals surface area contributed by atoms with Crippen molar-refractivity contribution in [2.24, 2.45) is 5.84 Å². The highest BCUT2D eigenvalue weighted by Gasteiger charge is 2.42. The van der Waals surface area contributed by atoms with E-state index in [4.69, 9.17) is 22.0 Å². The molecular weight excluding hydrogens is 497 g/mol. The first-order valence-corrected chi connectivity index (χ1v) is 10.4. The zero-order valence-electron chi connectivity index (χ0n) is 18.6. The van der Waals surface area contributed by atoms with Crippen LogP contribution in [0.4, 0.5) is 22.0 Å². The van der Waals surface area contributed by atoms with E-state index < -0.39 is 63.1 Å². The molecule has 1 atom stereocenters. The number of hydrogen-bond acceptors (Lipinski definition) is 5. The molecule has 0 fully saturated rings. The van der Waals surface area contributed by atoms with E-state index in [1.54, 1.807) is 19.3 Å². The summed E-state index contributed by atoms with van der Waals surface area (Å²) < 4.78 is 76.5. The second-order valence-corrected chi connectivity index (χ2v) is 7.38. The van der Waals surface area contributed by atoms with Gasteiger partial charge in [0.2, 0.25) is 0 Å². The third-order valence-corrected chi connectivity index (χ3v) is 5.18. The van der Waals surface area contributed by atoms with E-state index in [1.165, 1.54) is 12.2 Å². The summed E-state index contributed by atoms with van der Waals surface area (Å²) in [6.45, 7) is 9.52. The van der Waals surface area contributed by atoms with Crippen LogP contribution in [0.2, 0.25) is 0 Å². The fraction of sp³-hybridized carbons (Fsp3) is 0.227. The van der Waals surface area contributed by atoms with Crippen LogP contribution in [0, 0.1) is 0 Å². The van der Waals surface area contributed by atoms with Gasteiger partial charge >= 0.3 is 6.18 Å². The Kier molecular flexibility index (Phi) is 8.94. The van der Waals surface area contributed by atoms with E-state index in [0.29, 0.717) is 6.20 Å². The maximum Gasteiger partial charge on any atom is 0.434 e. The fourth-order valence-corrected chi connectivity index (χ4v) is 3.31. The molecule has 1 unspecified atom stereocenters. The largest absolute Gasteiger partial charge is 0.434 e. The Morgan fingerprint density at radius 3 is 2.54 bits per heavy atom. The summed E-state index contributed by atoms with van der Waals surface area (Å²) in [5.74, 6) is 1.13. The van der Waals surface area contributed by atoms with E-state index in [9.17, 15) is 26.7 Å². The van der Waals surface area contributed by atoms with Crippen LogP contribution in [0.15, 0.2) is 59.8 Å². The summed E-state index contributed by atoms with van der Waals surface area (Å²) >= 11 is 6.20. The molecule has 0 aliphatic carbocycles. The molecule has 2 rings (SSSR count). The lowest BCUT2D eigenvalue weighted by Crippen LogP contribution is -2.31. The number of carbonyl (C=O) groups is 1. The second kappa shape index (κ2) is 11.3. The molecule has 0 saturated carbocycles. The van der Waals surface area contributed by atoms with Crippen molar-refractivity contribution in [2.45, 2.75) is 31.8 Å². The van der Waals surface area contributed by atoms with Crippen molar-refractivity contribution < 1.29 is 31.3 Å². The molecule has 0 bridgehead atoms. The number of amides is 1. The van der Waals surface area contributed by atoms with Crippen molar-refractivity contribution >= 4 is 28.8 Å². The van der Waals surface area contributed by atoms with Gasteiger partial charge < -0.3 is 4.52 Å². The summed E-state index contributed by atoms with van der Waals surface area (Å²) in [4.78, 5) is 12.6. The van der Waals surface area contributed by atoms with Gasteiger partial charge in [-0.05, 0) is 25.5 Å². The van der Waals surface area contributed by atoms with Crippen LogP contribution in [0.3, 0.4) is 0 Å². The summed E-state index contributed by atoms with van der Waals surface area (Å²) in [6, 6.07) is 0. The first-order chi connectivity index (χ1) is 16.4. The molecule has 7 nitrogen and oxygen atoms in total. The molecular formula is C22H21ClF5N5O2. The van der Waals surface area contributed by atoms with E-state index in [2.05, 4.69) is 23.4 Å². The molecule has 0 spiro atoms. The topological polar surface area (TPSA) is 99.0 Å². The minimum Gasteiger partial charge on any atom is -0.355 e. The quantitative estimate of drug-likeness (QED) is 0.107. The highest BCUT2D eigenvalue weighted by Crippen LogP contribution is 2.42. The maximum absolute atomic E-state index is 14.6. The molecule has 0 aliphatic heterocycles. The molecule has 2 heterocycles. The van der Waals surface area contributed by atoms with Crippen LogP contribution in [0.25, 0.3) is 22.6 Å². The zero-order chi connectivity index (χ0) is 26.5. The van der Waals surface area contributed by atoms with Crippen molar-refractivity contribution in [1.29, 1.82) is 0 Å². The molecule has 3 N–H and O–H groups in total. The normalized spacial score (nSPS) is 14.1. The molecule has 1 amide bonds. The van der Waals surface area contributed by atoms with Crippen molar-refractivity contribution in [3.8, 4) is 11.3 Å². The van der Waals surface area contributed by atoms with Crippen LogP contribution in [-0.4, -0.2) is 26.2 Å². The highest BCUT2D eigenvalue weighted by molar-refractivity contribution is 6.27. The Morgan fingerprint density at radius 2 is 2.06 bits per heavy atom. The number of rotatable bonds is 9. The van der Waals surface area contributed by atoms with E-state index in [0.717, 1.165) is 12.2 Å². The van der Waals surface area contributed by atoms with Gasteiger partial charge in [0.15, 0.2) is 11.5 Å². The van der Waals surface area contributed by atoms with Gasteiger partial charge in [-0.25, -0.2) is 19.3 Å². The number of hydrogen-bond donors (Lipinski definition) is 2. The van der Waals surface area contributed by atoms with Crippen molar-refractivity contribution in [3.05, 3.63) is 72.3 Å². The number of nitrogens with zero attached hydrogens (tertiary/aromatic N) is 3. The van der Waals surface area contributed by atoms with Crippen molar-refractivity contribution in [3.63, 3.8) is 0 Å². The van der Waals surface area contributed by atoms with Gasteiger partial charge in [0.05, 0.1) is 17.1 Å². The summed E-state index contributed by atoms with van der Waals surface area (Å²) in [5, 5.41) is 6.20. The Hall–Kier alpha value is -3.51. The number of halogens is 6. The van der Waals surface area contributed by atoms with E-state index in [-0.39, 0.29) is 16.7 Å². The van der Waals surface area contributed by atoms with Crippen molar-refractivity contribution in [2.75, 3.05) is 0 Å². The Bertz CT molecular complexity index is 1220. The molecule has 0 radical (unpaired) electrons. The number of nitrogens with two attached hydrogens (primary N) is 1. The van der Waals surface area contributed by atoms with Gasteiger partial charge in [0, 0.05) is 5.57 Å². The third kappa shape index (κ3) is 5.60. The number of carbonyl (C=O) groups excluding carboxylic acids is 1. The molecule has 35 heavy (non-hydrogen) atoms. The van der Waals surface area contributed by atoms with E-state index in [1.807, 2.05) is 0 Å². The van der Waals surface area contributed by atoms with Gasteiger partial charge in [-0.2, -0.15) is 18.3 Å². The molecule has 0 saturated heterocycles. The Balaban J connectivity index is 2.98. The molecule has 0 aromatic carbocycles. The van der Waals surface area contributed by atoms with Crippen LogP contribution in [-0.2, 0) is 6.18 Å². The number of alkyl halides is 4. The highest BCUT2D eigenvalue weighted by atomic mass is 35.5. The predicted octanol–water partition coefficient (Wildman–Crippen LogP) is 5.94. The summed E-state index contributed by atoms with van der Waals surface area (Å²) in [7, 11) is 0. The van der Waals surface area contributed by atoms with Gasteiger partial charge in [-0.3, -0.25) is 10.2 Å². The monoisotopic (exact) mass is 517 g/mol. The second-order valence-electron chi connectivity index (χ2n) is 6.85. The van der Waals surface area contributed by atoms with Gasteiger partial charge in [0.1, 0.15) is 28.6 Å². The lowest BCUT2D eigenvalue weighted by atomic mass is 9.98. The van der Waals surface area contributed by atoms with Gasteiger partial charge in [-0.15, -0.1) is 11.6 Å². The number of nitrogens with one attached hydrogen (secondary N) is 1. The van der Waals surface area contributed by atoms with Gasteiger partial charge in [0.25, 0.3) is 5.91 Å². The predicted molar refractivity (Wildman–Crippen MR) is 122 cm³/mol. The van der Waals surface area contributed by atoms with Gasteiger partial charge in [-0.1, -0.05) is 37.4 Å². The third-order valence-electron chi connectivity index (χ3n) is 4.65. The number of hydrazine groups is 1. The minimum absolute atomic E-state index is 0.160. The van der Waals surface area contributed by atoms with E-state index >= 15 is 0 Å². The number of nitrogen functional groups attached to an aromatic ring is 1. The molecule has 188 valence electrons. The minimum atomic E-state index is -5.12. The average Bonchev–Trinajstić information content (AvgIpc) is 3.43. The number of aromatic nitrogens is 3. The summed E-state index contributed by atoms with van der Waals surface area (Å²) in [5.41, 5.74) is -2.62. The first kappa shape index (κ1) is 27.7. The molecule has 2 aromatic rings. The number of allylic oxidation sites excluding steroid dienone is 8. The SMILES string of the molecule is C=C/C(F)=C(/c1noc(-c2cnn(/C(=C/C=C\C)C(=C)F)c2C(F)(F)F)c1C(=O)NN)C(Cl)CC. The fourth-order valence-electron chi connectivity index (χ4n) is 3.10. The van der Waals surface area contributed by atoms with Crippen LogP contribution >= 0.6 is 11.6 Å². The van der Waals surface area contributed by atoms with Crippen molar-refractivity contribution in [1.82, 2.24) is 20.4 Å².